The van der Waals surface area contributed by atoms with Crippen molar-refractivity contribution in [3.05, 3.63) is 47.6 Å². The second-order valence-corrected chi connectivity index (χ2v) is 24.7. The molecule has 31 heteroatoms. The number of ether oxygens (including phenoxy) is 6. The molecule has 436 valence electrons. The Kier molecular flexibility index (Phi) is 32.8. The van der Waals surface area contributed by atoms with Gasteiger partial charge in [0.2, 0.25) is 5.91 Å². The van der Waals surface area contributed by atoms with Gasteiger partial charge in [0.05, 0.1) is 70.5 Å². The van der Waals surface area contributed by atoms with E-state index < -0.39 is 21.3 Å². The number of aliphatic hydroxyl groups is 1. The van der Waals surface area contributed by atoms with Crippen molar-refractivity contribution in [1.29, 1.82) is 0 Å². The van der Waals surface area contributed by atoms with Gasteiger partial charge in [-0.15, -0.1) is 0 Å². The number of halogens is 3. The Morgan fingerprint density at radius 1 is 0.696 bits per heavy atom. The first-order valence-electron chi connectivity index (χ1n) is 25.3. The van der Waals surface area contributed by atoms with Crippen LogP contribution in [0.2, 0.25) is 0 Å². The normalized spacial score (nSPS) is 21.1. The number of carbonyl (C=O) groups is 4. The Balaban J connectivity index is 0.000000347. The maximum atomic E-state index is 12.2. The van der Waals surface area contributed by atoms with Crippen LogP contribution in [0.25, 0.3) is 0 Å². The standard InChI is InChI=1S/C15H22BrN3O3.C12H16BrN3O2.C11H16BrN3O2.C5H10O4S.C4H8O2.CH2O3.2Cs.H/c1-15(2,3)22-14(20)18-6-4-12-11(8-18)13(16)17-19(12)10-5-7-21-9-10;1-8(17)15-4-2-11-10(6-15)12(13)14-16(11)9-3-5-18-7-9;1-11(2,3)17-10(16)15-5-4-8-7(6-15)9(12)14-13-8;1-10(6,7)9-5-2-3-8-4-5;5-4-1-2-6-3-4;2-1-4-3;;;/h10H,4-9H2,1-3H3;9H,2-7H2,1H3;4-6H2,1-3H3,(H,13,14);5H,2-4H2,1H3;4-5H,1-3H2;1,3H;;;/q;;;;;;2*+1;-1/p-1. The van der Waals surface area contributed by atoms with Gasteiger partial charge in [0.15, 0.2) is 0 Å². The molecule has 10 heterocycles. The zero-order chi connectivity index (χ0) is 56.7. The minimum atomic E-state index is -3.29. The van der Waals surface area contributed by atoms with Crippen LogP contribution in [0.1, 0.15) is 121 Å². The Morgan fingerprint density at radius 2 is 1.13 bits per heavy atom. The second kappa shape index (κ2) is 35.2. The first-order valence-corrected chi connectivity index (χ1v) is 29.5. The van der Waals surface area contributed by atoms with Crippen LogP contribution in [0.4, 0.5) is 9.59 Å². The van der Waals surface area contributed by atoms with Gasteiger partial charge >= 0.3 is 150 Å². The Morgan fingerprint density at radius 3 is 1.51 bits per heavy atom. The molecule has 0 spiro atoms. The number of aromatic nitrogens is 6. The molecule has 3 amide bonds. The zero-order valence-electron chi connectivity index (χ0n) is 47.9. The summed E-state index contributed by atoms with van der Waals surface area (Å²) in [6, 6.07) is 0.669. The fourth-order valence-electron chi connectivity index (χ4n) is 8.70. The number of fused-ring (bicyclic) bond motifs is 3. The van der Waals surface area contributed by atoms with Crippen LogP contribution in [0.15, 0.2) is 13.8 Å². The van der Waals surface area contributed by atoms with Gasteiger partial charge in [-0.2, -0.15) is 23.7 Å². The SMILES string of the molecule is CC(=O)N1CCc2c(c(Br)nn2C2CCOC2)C1.CC(C)(C)OC(=O)N1CCc2[nH]nc(Br)c2C1.CC(C)(C)OC(=O)N1CCc2c(c(Br)nn2C2CCOC2)C1.CS(=O)(=O)OC1CCOC1.O=CO[O-].OC1CCOC1.[Cs+].[Cs+].[H-]. The Labute approximate surface area is 606 Å². The van der Waals surface area contributed by atoms with E-state index in [0.29, 0.717) is 71.0 Å². The number of carbonyl (C=O) groups excluding carboxylic acids is 4. The Hall–Kier alpha value is 0.324. The molecule has 2 N–H and O–H groups in total. The van der Waals surface area contributed by atoms with Crippen LogP contribution in [-0.4, -0.2) is 185 Å². The first-order chi connectivity index (χ1) is 36.3. The molecule has 10 rings (SSSR count). The fourth-order valence-corrected chi connectivity index (χ4v) is 10.8. The maximum Gasteiger partial charge on any atom is 1.00 e. The van der Waals surface area contributed by atoms with E-state index in [4.69, 9.17) is 43.6 Å². The summed E-state index contributed by atoms with van der Waals surface area (Å²) in [6.07, 6.45) is 6.06. The molecule has 7 aliphatic heterocycles. The first kappa shape index (κ1) is 73.6. The number of aliphatic hydroxyl groups excluding tert-OH is 1. The molecule has 79 heavy (non-hydrogen) atoms. The number of aromatic amines is 1. The molecule has 0 aliphatic carbocycles. The molecule has 4 atom stereocenters. The second-order valence-electron chi connectivity index (χ2n) is 20.8. The molecule has 0 bridgehead atoms. The van der Waals surface area contributed by atoms with Crippen LogP contribution in [0, 0.1) is 0 Å². The third-order valence-corrected chi connectivity index (χ3v) is 14.9. The number of hydrogen-bond acceptors (Lipinski definition) is 19. The maximum absolute atomic E-state index is 12.2. The largest absolute Gasteiger partial charge is 1.00 e. The van der Waals surface area contributed by atoms with Crippen LogP contribution < -0.4 is 143 Å². The minimum absolute atomic E-state index is 0. The summed E-state index contributed by atoms with van der Waals surface area (Å²) in [5.74, 6) is 0.129. The summed E-state index contributed by atoms with van der Waals surface area (Å²) in [5, 5.41) is 33.3. The summed E-state index contributed by atoms with van der Waals surface area (Å²) in [4.78, 5) is 52.2. The number of nitrogens with one attached hydrogen (secondary N) is 1. The van der Waals surface area contributed by atoms with E-state index >= 15 is 0 Å². The summed E-state index contributed by atoms with van der Waals surface area (Å²) < 4.78 is 63.7. The van der Waals surface area contributed by atoms with Crippen molar-refractivity contribution in [2.75, 3.05) is 78.7 Å². The zero-order valence-corrected chi connectivity index (χ0v) is 65.1. The molecular formula is C48H74Br3Cs2N9O16S. The smallest absolute Gasteiger partial charge is 1.00 e. The van der Waals surface area contributed by atoms with Gasteiger partial charge in [0.1, 0.15) is 31.1 Å². The average molecular weight is 1570 g/mol. The predicted molar refractivity (Wildman–Crippen MR) is 285 cm³/mol. The van der Waals surface area contributed by atoms with Crippen LogP contribution in [0.3, 0.4) is 0 Å². The number of rotatable bonds is 5. The molecule has 0 aromatic carbocycles. The van der Waals surface area contributed by atoms with Crippen LogP contribution in [-0.2, 0) is 96.1 Å². The predicted octanol–water partition coefficient (Wildman–Crippen LogP) is -1.05. The number of H-pyrrole nitrogens is 1. The topological polar surface area (TPSA) is 294 Å². The van der Waals surface area contributed by atoms with Crippen molar-refractivity contribution in [3.63, 3.8) is 0 Å². The van der Waals surface area contributed by atoms with Crippen molar-refractivity contribution in [2.45, 2.75) is 149 Å². The van der Waals surface area contributed by atoms with Gasteiger partial charge in [0, 0.05) is 112 Å². The molecule has 0 saturated carbocycles. The molecule has 3 aromatic rings. The van der Waals surface area contributed by atoms with E-state index in [-0.39, 0.29) is 176 Å². The number of nitrogens with zero attached hydrogens (tertiary/aromatic N) is 8. The van der Waals surface area contributed by atoms with E-state index in [2.05, 4.69) is 86.6 Å². The van der Waals surface area contributed by atoms with Gasteiger partial charge in [-0.05, 0) is 109 Å². The molecule has 4 fully saturated rings. The van der Waals surface area contributed by atoms with Crippen molar-refractivity contribution in [2.24, 2.45) is 0 Å². The molecular weight excluding hydrogens is 1500 g/mol. The van der Waals surface area contributed by atoms with E-state index in [9.17, 15) is 22.8 Å². The van der Waals surface area contributed by atoms with Crippen molar-refractivity contribution in [3.8, 4) is 0 Å². The molecule has 25 nitrogen and oxygen atoms in total. The molecule has 3 aromatic heterocycles. The molecule has 7 aliphatic rings. The fraction of sp³-hybridized carbons (Fsp3) is 0.729. The summed E-state index contributed by atoms with van der Waals surface area (Å²) in [6.45, 7) is 21.9. The van der Waals surface area contributed by atoms with Gasteiger partial charge in [0.25, 0.3) is 16.6 Å². The van der Waals surface area contributed by atoms with E-state index in [1.165, 1.54) is 11.4 Å². The van der Waals surface area contributed by atoms with Crippen molar-refractivity contribution >= 4 is 82.5 Å². The van der Waals surface area contributed by atoms with E-state index in [1.54, 1.807) is 16.7 Å². The minimum Gasteiger partial charge on any atom is -1.00 e. The monoisotopic (exact) mass is 1570 g/mol. The summed E-state index contributed by atoms with van der Waals surface area (Å²) in [7, 11) is -3.29. The quantitative estimate of drug-likeness (QED) is 0.133. The van der Waals surface area contributed by atoms with Crippen molar-refractivity contribution in [1.82, 2.24) is 44.5 Å². The van der Waals surface area contributed by atoms with Gasteiger partial charge in [-0.1, -0.05) is 0 Å². The number of hydrogen-bond donors (Lipinski definition) is 2. The van der Waals surface area contributed by atoms with Gasteiger partial charge in [-0.3, -0.25) is 28.2 Å². The van der Waals surface area contributed by atoms with Crippen LogP contribution >= 0.6 is 47.8 Å². The van der Waals surface area contributed by atoms with Crippen molar-refractivity contribution < 1.29 is 215 Å². The van der Waals surface area contributed by atoms with Gasteiger partial charge in [-0.25, -0.2) is 9.59 Å². The summed E-state index contributed by atoms with van der Waals surface area (Å²) >= 11 is 10.4. The third kappa shape index (κ3) is 24.6. The van der Waals surface area contributed by atoms with E-state index in [0.717, 1.165) is 121 Å². The Bertz CT molecular complexity index is 2530. The van der Waals surface area contributed by atoms with Crippen LogP contribution in [0.5, 0.6) is 0 Å². The summed E-state index contributed by atoms with van der Waals surface area (Å²) in [5.41, 5.74) is 5.92. The molecule has 0 radical (unpaired) electrons. The average Bonchev–Trinajstić information content (AvgIpc) is 4.23. The molecule has 4 unspecified atom stereocenters. The van der Waals surface area contributed by atoms with E-state index in [1.807, 2.05) is 46.4 Å². The number of amides is 3. The third-order valence-electron chi connectivity index (χ3n) is 12.4. The molecule has 4 saturated heterocycles. The van der Waals surface area contributed by atoms with Gasteiger partial charge < -0.3 is 59.8 Å².